The number of pyridine rings is 1. The number of nitrogens with zero attached hydrogens (tertiary/aromatic N) is 4. The fourth-order valence-electron chi connectivity index (χ4n) is 4.04. The van der Waals surface area contributed by atoms with Crippen molar-refractivity contribution in [2.24, 2.45) is 5.92 Å². The number of anilines is 1. The van der Waals surface area contributed by atoms with Crippen LogP contribution in [0.25, 0.3) is 5.69 Å². The molecule has 7 nitrogen and oxygen atoms in total. The maximum atomic E-state index is 13.2. The number of aromatic amines is 1. The first kappa shape index (κ1) is 20.9. The zero-order valence-corrected chi connectivity index (χ0v) is 18.9. The molecule has 2 N–H and O–H groups in total. The Morgan fingerprint density at radius 1 is 1.33 bits per heavy atom. The molecule has 0 saturated heterocycles. The summed E-state index contributed by atoms with van der Waals surface area (Å²) >= 11 is 9.96. The van der Waals surface area contributed by atoms with Crippen molar-refractivity contribution in [3.05, 3.63) is 57.4 Å². The zero-order valence-electron chi connectivity index (χ0n) is 16.6. The van der Waals surface area contributed by atoms with Crippen LogP contribution in [0, 0.1) is 12.8 Å². The van der Waals surface area contributed by atoms with E-state index in [0.717, 1.165) is 22.1 Å². The van der Waals surface area contributed by atoms with Crippen LogP contribution in [-0.4, -0.2) is 26.4 Å². The Morgan fingerprint density at radius 2 is 2.13 bits per heavy atom. The van der Waals surface area contributed by atoms with E-state index < -0.39 is 0 Å². The highest BCUT2D eigenvalue weighted by Crippen LogP contribution is 2.36. The van der Waals surface area contributed by atoms with Crippen LogP contribution in [0.2, 0.25) is 5.02 Å². The van der Waals surface area contributed by atoms with Crippen molar-refractivity contribution >= 4 is 39.3 Å². The third-order valence-corrected chi connectivity index (χ3v) is 6.39. The number of carbonyl (C=O) groups is 1. The van der Waals surface area contributed by atoms with Crippen LogP contribution in [0.3, 0.4) is 0 Å². The number of hydrogen-bond acceptors (Lipinski definition) is 4. The second-order valence-corrected chi connectivity index (χ2v) is 9.01. The fraction of sp³-hybridized carbons (Fsp3) is 0.381. The van der Waals surface area contributed by atoms with E-state index in [0.29, 0.717) is 22.6 Å². The molecule has 4 rings (SSSR count). The molecule has 2 heterocycles. The van der Waals surface area contributed by atoms with Crippen LogP contribution in [-0.2, 0) is 4.79 Å². The topological polar surface area (TPSA) is 87.4 Å². The van der Waals surface area contributed by atoms with Crippen LogP contribution in [0.4, 0.5) is 5.82 Å². The summed E-state index contributed by atoms with van der Waals surface area (Å²) in [6.07, 6.45) is 7.27. The van der Waals surface area contributed by atoms with Gasteiger partial charge >= 0.3 is 5.82 Å². The van der Waals surface area contributed by atoms with Crippen molar-refractivity contribution in [3.63, 3.8) is 0 Å². The van der Waals surface area contributed by atoms with Gasteiger partial charge in [-0.2, -0.15) is 0 Å². The van der Waals surface area contributed by atoms with Gasteiger partial charge in [0, 0.05) is 17.6 Å². The first-order valence-corrected chi connectivity index (χ1v) is 11.2. The summed E-state index contributed by atoms with van der Waals surface area (Å²) in [6.45, 7) is 1.84. The predicted molar refractivity (Wildman–Crippen MR) is 118 cm³/mol. The van der Waals surface area contributed by atoms with E-state index in [1.807, 2.05) is 31.2 Å². The molecule has 0 bridgehead atoms. The molecule has 0 radical (unpaired) electrons. The van der Waals surface area contributed by atoms with Gasteiger partial charge in [-0.1, -0.05) is 48.6 Å². The molecule has 1 aliphatic rings. The van der Waals surface area contributed by atoms with Gasteiger partial charge in [0.2, 0.25) is 5.91 Å². The zero-order chi connectivity index (χ0) is 21.1. The second kappa shape index (κ2) is 9.22. The average Bonchev–Trinajstić information content (AvgIpc) is 3.39. The van der Waals surface area contributed by atoms with Gasteiger partial charge in [-0.15, -0.1) is 4.68 Å². The standard InChI is InChI=1S/C21H22BrClN6O/c1-13-26-27-28-29(13)19-8-6-15(11-18(19)23)17(10-14-4-2-3-5-14)21(30)25-20-9-7-16(22)12-24-20/h6-9,11-12,14,17H,2-5,10H2,1H3,(H,24,25,30)/p+1. The number of carbonyl (C=O) groups excluding carboxylic acids is 1. The van der Waals surface area contributed by atoms with Crippen molar-refractivity contribution < 1.29 is 9.48 Å². The van der Waals surface area contributed by atoms with E-state index in [2.05, 4.69) is 41.8 Å². The monoisotopic (exact) mass is 489 g/mol. The lowest BCUT2D eigenvalue weighted by molar-refractivity contribution is -0.666. The molecule has 1 aliphatic carbocycles. The number of nitrogens with one attached hydrogen (secondary N) is 2. The van der Waals surface area contributed by atoms with Gasteiger partial charge in [0.05, 0.1) is 10.9 Å². The van der Waals surface area contributed by atoms with Crippen LogP contribution < -0.4 is 10.00 Å². The van der Waals surface area contributed by atoms with E-state index in [4.69, 9.17) is 11.6 Å². The Bertz CT molecular complexity index is 1030. The molecule has 1 atom stereocenters. The number of tetrazole rings is 1. The molecule has 1 saturated carbocycles. The third kappa shape index (κ3) is 4.70. The molecule has 0 spiro atoms. The number of halogens is 2. The van der Waals surface area contributed by atoms with Crippen molar-refractivity contribution in [1.29, 1.82) is 0 Å². The SMILES string of the molecule is Cc1nn[nH][n+]1-c1ccc(C(CC2CCCC2)C(=O)Nc2ccc(Br)cn2)cc1Cl. The Labute approximate surface area is 188 Å². The smallest absolute Gasteiger partial charge is 0.302 e. The Morgan fingerprint density at radius 3 is 2.77 bits per heavy atom. The molecule has 1 fully saturated rings. The van der Waals surface area contributed by atoms with Gasteiger partial charge in [-0.3, -0.25) is 4.79 Å². The number of amides is 1. The molecular weight excluding hydrogens is 468 g/mol. The number of rotatable bonds is 6. The average molecular weight is 491 g/mol. The lowest BCUT2D eigenvalue weighted by Gasteiger charge is -2.21. The Kier molecular flexibility index (Phi) is 6.43. The fourth-order valence-corrected chi connectivity index (χ4v) is 4.55. The normalized spacial score (nSPS) is 15.3. The highest BCUT2D eigenvalue weighted by Gasteiger charge is 2.28. The van der Waals surface area contributed by atoms with Crippen molar-refractivity contribution in [2.45, 2.75) is 44.9 Å². The second-order valence-electron chi connectivity index (χ2n) is 7.68. The summed E-state index contributed by atoms with van der Waals surface area (Å²) in [5, 5.41) is 14.1. The first-order valence-electron chi connectivity index (χ1n) is 10.0. The number of aromatic nitrogens is 5. The predicted octanol–water partition coefficient (Wildman–Crippen LogP) is 4.50. The molecule has 0 aliphatic heterocycles. The summed E-state index contributed by atoms with van der Waals surface area (Å²) in [4.78, 5) is 17.5. The maximum absolute atomic E-state index is 13.2. The molecule has 1 amide bonds. The van der Waals surface area contributed by atoms with Gasteiger partial charge in [-0.25, -0.2) is 4.98 Å². The minimum atomic E-state index is -0.295. The Hall–Kier alpha value is -2.32. The van der Waals surface area contributed by atoms with Gasteiger partial charge in [-0.05, 0) is 58.1 Å². The van der Waals surface area contributed by atoms with Crippen LogP contribution >= 0.6 is 27.5 Å². The third-order valence-electron chi connectivity index (χ3n) is 5.62. The molecule has 3 aromatic rings. The number of hydrogen-bond donors (Lipinski definition) is 2. The minimum absolute atomic E-state index is 0.0624. The van der Waals surface area contributed by atoms with Crippen molar-refractivity contribution in [1.82, 2.24) is 20.5 Å². The summed E-state index contributed by atoms with van der Waals surface area (Å²) in [6, 6.07) is 9.38. The molecular formula is C21H23BrClN6O+. The number of H-pyrrole nitrogens is 1. The van der Waals surface area contributed by atoms with E-state index in [-0.39, 0.29) is 11.8 Å². The lowest BCUT2D eigenvalue weighted by Crippen LogP contribution is -2.36. The van der Waals surface area contributed by atoms with E-state index in [9.17, 15) is 4.79 Å². The molecule has 2 aromatic heterocycles. The number of aryl methyl sites for hydroxylation is 1. The highest BCUT2D eigenvalue weighted by molar-refractivity contribution is 9.10. The summed E-state index contributed by atoms with van der Waals surface area (Å²) in [5.74, 6) is 1.43. The molecule has 1 aromatic carbocycles. The van der Waals surface area contributed by atoms with E-state index >= 15 is 0 Å². The molecule has 156 valence electrons. The highest BCUT2D eigenvalue weighted by atomic mass is 79.9. The summed E-state index contributed by atoms with van der Waals surface area (Å²) in [7, 11) is 0. The summed E-state index contributed by atoms with van der Waals surface area (Å²) in [5.41, 5.74) is 1.65. The lowest BCUT2D eigenvalue weighted by atomic mass is 9.87. The first-order chi connectivity index (χ1) is 14.5. The molecule has 30 heavy (non-hydrogen) atoms. The molecule has 1 unspecified atom stereocenters. The van der Waals surface area contributed by atoms with Gasteiger partial charge < -0.3 is 5.32 Å². The van der Waals surface area contributed by atoms with E-state index in [1.54, 1.807) is 16.9 Å². The number of benzene rings is 1. The van der Waals surface area contributed by atoms with Crippen LogP contribution in [0.5, 0.6) is 0 Å². The van der Waals surface area contributed by atoms with Crippen molar-refractivity contribution in [2.75, 3.05) is 5.32 Å². The van der Waals surface area contributed by atoms with Crippen LogP contribution in [0.15, 0.2) is 41.0 Å². The maximum Gasteiger partial charge on any atom is 0.302 e. The summed E-state index contributed by atoms with van der Waals surface area (Å²) < 4.78 is 2.58. The van der Waals surface area contributed by atoms with E-state index in [1.165, 1.54) is 25.7 Å². The van der Waals surface area contributed by atoms with Crippen LogP contribution in [0.1, 0.15) is 49.4 Å². The molecule has 9 heteroatoms. The van der Waals surface area contributed by atoms with Gasteiger partial charge in [0.1, 0.15) is 16.6 Å². The van der Waals surface area contributed by atoms with Gasteiger partial charge in [0.25, 0.3) is 0 Å². The quantitative estimate of drug-likeness (QED) is 0.498. The Balaban J connectivity index is 1.61. The minimum Gasteiger partial charge on any atom is -0.310 e. The van der Waals surface area contributed by atoms with Gasteiger partial charge in [0.15, 0.2) is 5.21 Å². The largest absolute Gasteiger partial charge is 0.310 e. The van der Waals surface area contributed by atoms with Crippen molar-refractivity contribution in [3.8, 4) is 5.69 Å².